The zero-order valence-corrected chi connectivity index (χ0v) is 13.3. The van der Waals surface area contributed by atoms with Crippen molar-refractivity contribution in [3.05, 3.63) is 36.5 Å². The third kappa shape index (κ3) is 3.03. The quantitative estimate of drug-likeness (QED) is 0.791. The molecule has 4 rings (SSSR count). The van der Waals surface area contributed by atoms with Crippen molar-refractivity contribution < 1.29 is 9.47 Å². The van der Waals surface area contributed by atoms with Crippen molar-refractivity contribution in [1.82, 2.24) is 19.6 Å². The van der Waals surface area contributed by atoms with Crippen LogP contribution in [0.4, 0.5) is 5.95 Å². The topological polar surface area (TPSA) is 87.6 Å². The molecule has 0 unspecified atom stereocenters. The number of nitrogens with two attached hydrogens (primary N) is 1. The van der Waals surface area contributed by atoms with E-state index in [9.17, 15) is 0 Å². The minimum atomic E-state index is 0.214. The number of aromatic nitrogens is 4. The molecule has 1 aromatic carbocycles. The molecule has 7 nitrogen and oxygen atoms in total. The van der Waals surface area contributed by atoms with Crippen molar-refractivity contribution in [3.8, 4) is 17.0 Å². The van der Waals surface area contributed by atoms with Gasteiger partial charge in [0, 0.05) is 25.0 Å². The van der Waals surface area contributed by atoms with E-state index in [1.807, 2.05) is 30.3 Å². The van der Waals surface area contributed by atoms with Gasteiger partial charge in [0.25, 0.3) is 5.78 Å². The average Bonchev–Trinajstić information content (AvgIpc) is 3.01. The molecular formula is C17H19N5O2. The number of hydrogen-bond donors (Lipinski definition) is 1. The Kier molecular flexibility index (Phi) is 4.00. The first-order valence-corrected chi connectivity index (χ1v) is 8.08. The van der Waals surface area contributed by atoms with Crippen LogP contribution < -0.4 is 10.5 Å². The lowest BCUT2D eigenvalue weighted by molar-refractivity contribution is 0.0497. The molecule has 0 saturated carbocycles. The van der Waals surface area contributed by atoms with E-state index in [0.717, 1.165) is 49.7 Å². The number of fused-ring (bicyclic) bond motifs is 1. The van der Waals surface area contributed by atoms with Crippen LogP contribution in [0.3, 0.4) is 0 Å². The predicted octanol–water partition coefficient (Wildman–Crippen LogP) is 2.18. The number of anilines is 1. The molecule has 3 heterocycles. The van der Waals surface area contributed by atoms with Crippen LogP contribution in [0.2, 0.25) is 0 Å². The van der Waals surface area contributed by atoms with Gasteiger partial charge in [-0.3, -0.25) is 0 Å². The van der Waals surface area contributed by atoms with E-state index in [2.05, 4.69) is 15.1 Å². The van der Waals surface area contributed by atoms with Crippen LogP contribution >= 0.6 is 0 Å². The van der Waals surface area contributed by atoms with Gasteiger partial charge in [0.1, 0.15) is 5.75 Å². The molecule has 0 spiro atoms. The van der Waals surface area contributed by atoms with Crippen molar-refractivity contribution in [1.29, 1.82) is 0 Å². The lowest BCUT2D eigenvalue weighted by Gasteiger charge is -2.22. The van der Waals surface area contributed by atoms with Gasteiger partial charge in [-0.25, -0.2) is 4.98 Å². The fourth-order valence-electron chi connectivity index (χ4n) is 2.88. The van der Waals surface area contributed by atoms with E-state index in [1.54, 1.807) is 10.7 Å². The SMILES string of the molecule is Nc1nc2nccc(-c3ccc(OCC4CCOCC4)cc3)n2n1. The van der Waals surface area contributed by atoms with Gasteiger partial charge in [-0.05, 0) is 49.1 Å². The van der Waals surface area contributed by atoms with Crippen LogP contribution in [-0.2, 0) is 4.74 Å². The first kappa shape index (κ1) is 14.9. The Balaban J connectivity index is 1.50. The Morgan fingerprint density at radius 3 is 2.75 bits per heavy atom. The van der Waals surface area contributed by atoms with Gasteiger partial charge in [-0.2, -0.15) is 9.50 Å². The maximum absolute atomic E-state index is 5.91. The molecule has 2 N–H and O–H groups in total. The third-order valence-corrected chi connectivity index (χ3v) is 4.23. The standard InChI is InChI=1S/C17H19N5O2/c18-16-20-17-19-8-5-15(22(17)21-16)13-1-3-14(4-2-13)24-11-12-6-9-23-10-7-12/h1-5,8,12H,6-7,9-11H2,(H2,18,21). The second-order valence-corrected chi connectivity index (χ2v) is 5.90. The van der Waals surface area contributed by atoms with E-state index in [0.29, 0.717) is 11.7 Å². The third-order valence-electron chi connectivity index (χ3n) is 4.23. The summed E-state index contributed by atoms with van der Waals surface area (Å²) in [6.07, 6.45) is 3.84. The van der Waals surface area contributed by atoms with Crippen LogP contribution in [0.1, 0.15) is 12.8 Å². The molecule has 1 saturated heterocycles. The zero-order chi connectivity index (χ0) is 16.4. The summed E-state index contributed by atoms with van der Waals surface area (Å²) in [7, 11) is 0. The molecule has 1 aliphatic rings. The predicted molar refractivity (Wildman–Crippen MR) is 89.7 cm³/mol. The highest BCUT2D eigenvalue weighted by atomic mass is 16.5. The molecule has 24 heavy (non-hydrogen) atoms. The second-order valence-electron chi connectivity index (χ2n) is 5.90. The van der Waals surface area contributed by atoms with Crippen LogP contribution in [0.15, 0.2) is 36.5 Å². The van der Waals surface area contributed by atoms with Gasteiger partial charge in [0.05, 0.1) is 12.3 Å². The molecule has 0 aliphatic carbocycles. The van der Waals surface area contributed by atoms with Gasteiger partial charge in [0.15, 0.2) is 0 Å². The molecule has 2 aromatic heterocycles. The molecule has 0 atom stereocenters. The Labute approximate surface area is 139 Å². The molecule has 3 aromatic rings. The fourth-order valence-corrected chi connectivity index (χ4v) is 2.88. The van der Waals surface area contributed by atoms with Crippen LogP contribution in [-0.4, -0.2) is 39.4 Å². The van der Waals surface area contributed by atoms with Gasteiger partial charge >= 0.3 is 0 Å². The monoisotopic (exact) mass is 325 g/mol. The molecule has 124 valence electrons. The van der Waals surface area contributed by atoms with Crippen molar-refractivity contribution in [2.75, 3.05) is 25.6 Å². The van der Waals surface area contributed by atoms with Crippen molar-refractivity contribution in [2.45, 2.75) is 12.8 Å². The summed E-state index contributed by atoms with van der Waals surface area (Å²) in [6, 6.07) is 9.85. The molecule has 1 aliphatic heterocycles. The summed E-state index contributed by atoms with van der Waals surface area (Å²) < 4.78 is 12.9. The van der Waals surface area contributed by atoms with Gasteiger partial charge < -0.3 is 15.2 Å². The highest BCUT2D eigenvalue weighted by molar-refractivity contribution is 5.62. The van der Waals surface area contributed by atoms with E-state index < -0.39 is 0 Å². The summed E-state index contributed by atoms with van der Waals surface area (Å²) in [6.45, 7) is 2.42. The Morgan fingerprint density at radius 1 is 1.17 bits per heavy atom. The molecule has 1 fully saturated rings. The smallest absolute Gasteiger partial charge is 0.254 e. The molecule has 0 bridgehead atoms. The summed E-state index contributed by atoms with van der Waals surface area (Å²) in [4.78, 5) is 8.24. The zero-order valence-electron chi connectivity index (χ0n) is 13.3. The Hall–Kier alpha value is -2.67. The van der Waals surface area contributed by atoms with Crippen molar-refractivity contribution in [3.63, 3.8) is 0 Å². The summed E-state index contributed by atoms with van der Waals surface area (Å²) in [5, 5.41) is 4.19. The number of nitrogen functional groups attached to an aromatic ring is 1. The number of rotatable bonds is 4. The summed E-state index contributed by atoms with van der Waals surface area (Å²) >= 11 is 0. The first-order chi connectivity index (χ1) is 11.8. The minimum absolute atomic E-state index is 0.214. The number of benzene rings is 1. The lowest BCUT2D eigenvalue weighted by Crippen LogP contribution is -2.21. The van der Waals surface area contributed by atoms with Crippen LogP contribution in [0.25, 0.3) is 17.0 Å². The van der Waals surface area contributed by atoms with Gasteiger partial charge in [-0.15, -0.1) is 5.10 Å². The van der Waals surface area contributed by atoms with Gasteiger partial charge in [-0.1, -0.05) is 0 Å². The van der Waals surface area contributed by atoms with Crippen molar-refractivity contribution in [2.24, 2.45) is 5.92 Å². The first-order valence-electron chi connectivity index (χ1n) is 8.08. The van der Waals surface area contributed by atoms with E-state index in [1.165, 1.54) is 0 Å². The van der Waals surface area contributed by atoms with Crippen molar-refractivity contribution >= 4 is 11.7 Å². The fraction of sp³-hybridized carbons (Fsp3) is 0.353. The van der Waals surface area contributed by atoms with Crippen LogP contribution in [0, 0.1) is 5.92 Å². The summed E-state index contributed by atoms with van der Waals surface area (Å²) in [5.41, 5.74) is 7.55. The number of hydrogen-bond acceptors (Lipinski definition) is 6. The lowest BCUT2D eigenvalue weighted by atomic mass is 10.0. The van der Waals surface area contributed by atoms with Crippen LogP contribution in [0.5, 0.6) is 5.75 Å². The average molecular weight is 325 g/mol. The highest BCUT2D eigenvalue weighted by Crippen LogP contribution is 2.23. The molecule has 0 amide bonds. The molecular weight excluding hydrogens is 306 g/mol. The van der Waals surface area contributed by atoms with E-state index in [4.69, 9.17) is 15.2 Å². The normalized spacial score (nSPS) is 15.7. The molecule has 0 radical (unpaired) electrons. The summed E-state index contributed by atoms with van der Waals surface area (Å²) in [5.74, 6) is 2.15. The maximum Gasteiger partial charge on any atom is 0.254 e. The number of ether oxygens (including phenoxy) is 2. The molecule has 7 heteroatoms. The van der Waals surface area contributed by atoms with E-state index >= 15 is 0 Å². The number of nitrogens with zero attached hydrogens (tertiary/aromatic N) is 4. The van der Waals surface area contributed by atoms with Gasteiger partial charge in [0.2, 0.25) is 5.95 Å². The highest BCUT2D eigenvalue weighted by Gasteiger charge is 2.14. The maximum atomic E-state index is 5.91. The Bertz CT molecular complexity index is 825. The Morgan fingerprint density at radius 2 is 1.96 bits per heavy atom. The second kappa shape index (κ2) is 6.45. The minimum Gasteiger partial charge on any atom is -0.493 e. The largest absolute Gasteiger partial charge is 0.493 e. The van der Waals surface area contributed by atoms with E-state index in [-0.39, 0.29) is 5.95 Å².